The molecule has 4 aromatic heterocycles. The maximum Gasteiger partial charge on any atom is 0.227 e. The molecule has 0 unspecified atom stereocenters. The number of carbonyl (C=O) groups excluding carboxylic acids is 1. The van der Waals surface area contributed by atoms with Crippen LogP contribution in [0, 0.1) is 6.92 Å². The normalized spacial score (nSPS) is 13.0. The van der Waals surface area contributed by atoms with Gasteiger partial charge in [0.2, 0.25) is 5.95 Å². The number of ether oxygens (including phenoxy) is 1. The molecule has 0 aliphatic carbocycles. The first-order valence-electron chi connectivity index (χ1n) is 10.8. The molecule has 0 saturated carbocycles. The van der Waals surface area contributed by atoms with E-state index in [0.717, 1.165) is 51.7 Å². The third-order valence-corrected chi connectivity index (χ3v) is 6.87. The first-order valence-corrected chi connectivity index (χ1v) is 11.6. The Morgan fingerprint density at radius 1 is 1.27 bits per heavy atom. The lowest BCUT2D eigenvalue weighted by atomic mass is 10.0. The molecule has 5 rings (SSSR count). The van der Waals surface area contributed by atoms with Crippen LogP contribution in [0.2, 0.25) is 0 Å². The van der Waals surface area contributed by atoms with Crippen LogP contribution in [0.1, 0.15) is 37.8 Å². The lowest BCUT2D eigenvalue weighted by molar-refractivity contribution is 0.0985. The standard InChI is InChI=1S/C24H24N6O2S/c1-15-9-16(20-5-7-25-24(29-20)28-18-12-27-30(2)13-18)11-26-19(15)3-4-21(31)23-10-17-14-32-8-6-22(17)33-23/h5,7,9-13H,3-4,6,8,14H2,1-2H3,(H,25,28,29). The molecule has 1 aliphatic heterocycles. The lowest BCUT2D eigenvalue weighted by Gasteiger charge is -2.10. The van der Waals surface area contributed by atoms with E-state index in [2.05, 4.69) is 31.4 Å². The van der Waals surface area contributed by atoms with Crippen LogP contribution in [0.5, 0.6) is 0 Å². The van der Waals surface area contributed by atoms with Crippen molar-refractivity contribution in [2.75, 3.05) is 11.9 Å². The SMILES string of the molecule is Cc1cc(-c2ccnc(Nc3cnn(C)c3)n2)cnc1CCC(=O)c1cc2c(s1)CCOC2. The number of anilines is 2. The summed E-state index contributed by atoms with van der Waals surface area (Å²) >= 11 is 1.61. The van der Waals surface area contributed by atoms with Gasteiger partial charge in [0.15, 0.2) is 5.78 Å². The van der Waals surface area contributed by atoms with Crippen LogP contribution >= 0.6 is 11.3 Å². The fraction of sp³-hybridized carbons (Fsp3) is 0.292. The van der Waals surface area contributed by atoms with E-state index in [0.29, 0.717) is 25.4 Å². The van der Waals surface area contributed by atoms with Gasteiger partial charge in [0.25, 0.3) is 0 Å². The number of aryl methyl sites for hydroxylation is 3. The van der Waals surface area contributed by atoms with Gasteiger partial charge in [0, 0.05) is 54.6 Å². The Balaban J connectivity index is 1.26. The fourth-order valence-corrected chi connectivity index (χ4v) is 4.96. The molecule has 0 saturated heterocycles. The zero-order chi connectivity index (χ0) is 22.8. The van der Waals surface area contributed by atoms with Crippen LogP contribution in [0.4, 0.5) is 11.6 Å². The molecule has 33 heavy (non-hydrogen) atoms. The smallest absolute Gasteiger partial charge is 0.227 e. The minimum Gasteiger partial charge on any atom is -0.376 e. The van der Waals surface area contributed by atoms with Gasteiger partial charge in [-0.2, -0.15) is 5.10 Å². The molecule has 0 spiro atoms. The van der Waals surface area contributed by atoms with Crippen molar-refractivity contribution >= 4 is 28.8 Å². The van der Waals surface area contributed by atoms with E-state index < -0.39 is 0 Å². The van der Waals surface area contributed by atoms with Crippen molar-refractivity contribution in [3.8, 4) is 11.3 Å². The topological polar surface area (TPSA) is 94.8 Å². The maximum absolute atomic E-state index is 12.7. The van der Waals surface area contributed by atoms with Crippen molar-refractivity contribution in [2.45, 2.75) is 32.8 Å². The molecular weight excluding hydrogens is 436 g/mol. The molecule has 0 amide bonds. The Labute approximate surface area is 195 Å². The van der Waals surface area contributed by atoms with Gasteiger partial charge in [-0.15, -0.1) is 11.3 Å². The molecule has 1 N–H and O–H groups in total. The Morgan fingerprint density at radius 2 is 2.18 bits per heavy atom. The van der Waals surface area contributed by atoms with Gasteiger partial charge in [-0.1, -0.05) is 0 Å². The van der Waals surface area contributed by atoms with Crippen molar-refractivity contribution in [1.82, 2.24) is 24.7 Å². The Bertz CT molecular complexity index is 1290. The van der Waals surface area contributed by atoms with Crippen molar-refractivity contribution < 1.29 is 9.53 Å². The number of hydrogen-bond acceptors (Lipinski definition) is 8. The van der Waals surface area contributed by atoms with E-state index in [1.807, 2.05) is 38.5 Å². The number of nitrogens with one attached hydrogen (secondary N) is 1. The van der Waals surface area contributed by atoms with Gasteiger partial charge >= 0.3 is 0 Å². The number of aromatic nitrogens is 5. The number of hydrogen-bond donors (Lipinski definition) is 1. The molecule has 0 fully saturated rings. The van der Waals surface area contributed by atoms with Crippen molar-refractivity contribution in [3.05, 3.63) is 69.6 Å². The zero-order valence-electron chi connectivity index (χ0n) is 18.5. The molecular formula is C24H24N6O2S. The summed E-state index contributed by atoms with van der Waals surface area (Å²) in [6, 6.07) is 5.91. The average molecular weight is 461 g/mol. The number of thiophene rings is 1. The van der Waals surface area contributed by atoms with E-state index in [4.69, 9.17) is 4.74 Å². The third-order valence-electron chi connectivity index (χ3n) is 5.59. The summed E-state index contributed by atoms with van der Waals surface area (Å²) in [6.45, 7) is 3.38. The predicted octanol–water partition coefficient (Wildman–Crippen LogP) is 4.27. The number of Topliss-reactive ketones (excluding diaryl/α,β-unsaturated/α-hetero) is 1. The largest absolute Gasteiger partial charge is 0.376 e. The summed E-state index contributed by atoms with van der Waals surface area (Å²) in [6.07, 6.45) is 9.06. The second-order valence-electron chi connectivity index (χ2n) is 8.07. The molecule has 4 aromatic rings. The highest BCUT2D eigenvalue weighted by molar-refractivity contribution is 7.14. The fourth-order valence-electron chi connectivity index (χ4n) is 3.84. The number of ketones is 1. The highest BCUT2D eigenvalue weighted by Gasteiger charge is 2.18. The van der Waals surface area contributed by atoms with Crippen LogP contribution in [0.25, 0.3) is 11.3 Å². The monoisotopic (exact) mass is 460 g/mol. The van der Waals surface area contributed by atoms with Crippen LogP contribution in [-0.2, 0) is 31.2 Å². The maximum atomic E-state index is 12.7. The van der Waals surface area contributed by atoms with E-state index >= 15 is 0 Å². The predicted molar refractivity (Wildman–Crippen MR) is 127 cm³/mol. The minimum atomic E-state index is 0.168. The number of fused-ring (bicyclic) bond motifs is 1. The van der Waals surface area contributed by atoms with E-state index in [1.54, 1.807) is 28.4 Å². The van der Waals surface area contributed by atoms with Crippen molar-refractivity contribution in [2.24, 2.45) is 7.05 Å². The molecule has 168 valence electrons. The van der Waals surface area contributed by atoms with Gasteiger partial charge in [0.1, 0.15) is 0 Å². The van der Waals surface area contributed by atoms with E-state index in [9.17, 15) is 4.79 Å². The highest BCUT2D eigenvalue weighted by Crippen LogP contribution is 2.28. The first kappa shape index (κ1) is 21.4. The number of rotatable bonds is 7. The van der Waals surface area contributed by atoms with Crippen LogP contribution in [-0.4, -0.2) is 37.1 Å². The highest BCUT2D eigenvalue weighted by atomic mass is 32.1. The second kappa shape index (κ2) is 9.21. The molecule has 1 aliphatic rings. The Kier molecular flexibility index (Phi) is 5.97. The molecule has 0 aromatic carbocycles. The van der Waals surface area contributed by atoms with Crippen LogP contribution in [0.15, 0.2) is 43.0 Å². The van der Waals surface area contributed by atoms with Crippen LogP contribution < -0.4 is 5.32 Å². The Morgan fingerprint density at radius 3 is 2.97 bits per heavy atom. The first-order chi connectivity index (χ1) is 16.0. The van der Waals surface area contributed by atoms with E-state index in [-0.39, 0.29) is 5.78 Å². The van der Waals surface area contributed by atoms with Gasteiger partial charge in [0.05, 0.1) is 35.7 Å². The second-order valence-corrected chi connectivity index (χ2v) is 9.20. The van der Waals surface area contributed by atoms with Crippen molar-refractivity contribution in [1.29, 1.82) is 0 Å². The molecule has 9 heteroatoms. The van der Waals surface area contributed by atoms with E-state index in [1.165, 1.54) is 4.88 Å². The summed E-state index contributed by atoms with van der Waals surface area (Å²) < 4.78 is 7.20. The average Bonchev–Trinajstić information content (AvgIpc) is 3.44. The van der Waals surface area contributed by atoms with Crippen LogP contribution in [0.3, 0.4) is 0 Å². The van der Waals surface area contributed by atoms with Gasteiger partial charge in [-0.3, -0.25) is 14.5 Å². The number of pyridine rings is 1. The third kappa shape index (κ3) is 4.84. The summed E-state index contributed by atoms with van der Waals surface area (Å²) in [5.41, 5.74) is 5.64. The molecule has 0 radical (unpaired) electrons. The van der Waals surface area contributed by atoms with Crippen molar-refractivity contribution in [3.63, 3.8) is 0 Å². The molecule has 0 atom stereocenters. The summed E-state index contributed by atoms with van der Waals surface area (Å²) in [5.74, 6) is 0.665. The lowest BCUT2D eigenvalue weighted by Crippen LogP contribution is -2.05. The summed E-state index contributed by atoms with van der Waals surface area (Å²) in [4.78, 5) is 28.4. The quantitative estimate of drug-likeness (QED) is 0.412. The van der Waals surface area contributed by atoms with Gasteiger partial charge in [-0.05, 0) is 42.7 Å². The molecule has 0 bridgehead atoms. The summed E-state index contributed by atoms with van der Waals surface area (Å²) in [5, 5.41) is 7.30. The van der Waals surface area contributed by atoms with Gasteiger partial charge < -0.3 is 10.1 Å². The molecule has 5 heterocycles. The minimum absolute atomic E-state index is 0.168. The molecule has 8 nitrogen and oxygen atoms in total. The number of nitrogens with zero attached hydrogens (tertiary/aromatic N) is 5. The summed E-state index contributed by atoms with van der Waals surface area (Å²) in [7, 11) is 1.86. The number of carbonyl (C=O) groups is 1. The zero-order valence-corrected chi connectivity index (χ0v) is 19.4. The Hall–Kier alpha value is -3.43. The van der Waals surface area contributed by atoms with Gasteiger partial charge in [-0.25, -0.2) is 9.97 Å².